The first-order chi connectivity index (χ1) is 7.09. The summed E-state index contributed by atoms with van der Waals surface area (Å²) in [5, 5.41) is 9.36. The van der Waals surface area contributed by atoms with E-state index in [9.17, 15) is 9.50 Å². The molecule has 0 saturated heterocycles. The predicted octanol–water partition coefficient (Wildman–Crippen LogP) is 3.17. The van der Waals surface area contributed by atoms with Gasteiger partial charge in [0, 0.05) is 6.61 Å². The minimum Gasteiger partial charge on any atom is -0.396 e. The largest absolute Gasteiger partial charge is 0.396 e. The average molecular weight is 210 g/mol. The molecule has 0 aliphatic heterocycles. The minimum atomic E-state index is -0.208. The van der Waals surface area contributed by atoms with Crippen molar-refractivity contribution in [1.82, 2.24) is 0 Å². The van der Waals surface area contributed by atoms with Gasteiger partial charge in [0.1, 0.15) is 5.82 Å². The van der Waals surface area contributed by atoms with Crippen LogP contribution in [0.3, 0.4) is 0 Å². The molecule has 1 aromatic carbocycles. The summed E-state index contributed by atoms with van der Waals surface area (Å²) in [6.45, 7) is 4.36. The van der Waals surface area contributed by atoms with E-state index in [2.05, 4.69) is 13.8 Å². The summed E-state index contributed by atoms with van der Waals surface area (Å²) in [6, 6.07) is 6.52. The van der Waals surface area contributed by atoms with Crippen LogP contribution in [0.5, 0.6) is 0 Å². The molecule has 0 radical (unpaired) electrons. The van der Waals surface area contributed by atoms with Gasteiger partial charge in [0.25, 0.3) is 0 Å². The van der Waals surface area contributed by atoms with Gasteiger partial charge in [-0.05, 0) is 36.0 Å². The summed E-state index contributed by atoms with van der Waals surface area (Å²) < 4.78 is 12.7. The van der Waals surface area contributed by atoms with E-state index in [-0.39, 0.29) is 17.8 Å². The van der Waals surface area contributed by atoms with Crippen molar-refractivity contribution in [2.24, 2.45) is 5.41 Å². The van der Waals surface area contributed by atoms with Crippen molar-refractivity contribution in [2.75, 3.05) is 6.61 Å². The molecule has 0 aliphatic rings. The van der Waals surface area contributed by atoms with Crippen LogP contribution in [0.2, 0.25) is 0 Å². The third-order valence-corrected chi connectivity index (χ3v) is 2.78. The first-order valence-electron chi connectivity index (χ1n) is 5.45. The van der Waals surface area contributed by atoms with Crippen LogP contribution in [0.25, 0.3) is 0 Å². The number of aliphatic hydroxyl groups excluding tert-OH is 1. The van der Waals surface area contributed by atoms with E-state index in [0.717, 1.165) is 24.8 Å². The summed E-state index contributed by atoms with van der Waals surface area (Å²) in [4.78, 5) is 0. The number of benzene rings is 1. The predicted molar refractivity (Wildman–Crippen MR) is 60.2 cm³/mol. The lowest BCUT2D eigenvalue weighted by molar-refractivity contribution is 0.131. The number of rotatable bonds is 5. The van der Waals surface area contributed by atoms with Gasteiger partial charge in [-0.25, -0.2) is 4.39 Å². The van der Waals surface area contributed by atoms with Crippen LogP contribution in [0.1, 0.15) is 32.3 Å². The highest BCUT2D eigenvalue weighted by atomic mass is 19.1. The summed E-state index contributed by atoms with van der Waals surface area (Å²) in [5.41, 5.74) is 1.01. The molecule has 0 bridgehead atoms. The lowest BCUT2D eigenvalue weighted by Gasteiger charge is -2.26. The summed E-state index contributed by atoms with van der Waals surface area (Å²) >= 11 is 0. The van der Waals surface area contributed by atoms with Gasteiger partial charge in [0.2, 0.25) is 0 Å². The van der Waals surface area contributed by atoms with Crippen molar-refractivity contribution < 1.29 is 9.50 Å². The van der Waals surface area contributed by atoms with Crippen molar-refractivity contribution in [3.8, 4) is 0 Å². The van der Waals surface area contributed by atoms with Gasteiger partial charge in [-0.3, -0.25) is 0 Å². The van der Waals surface area contributed by atoms with E-state index in [0.29, 0.717) is 0 Å². The first-order valence-corrected chi connectivity index (χ1v) is 5.45. The molecule has 0 saturated carbocycles. The molecule has 0 spiro atoms. The second-order valence-corrected chi connectivity index (χ2v) is 4.52. The average Bonchev–Trinajstić information content (AvgIpc) is 2.22. The van der Waals surface area contributed by atoms with Gasteiger partial charge in [-0.15, -0.1) is 0 Å². The van der Waals surface area contributed by atoms with E-state index < -0.39 is 0 Å². The Balaban J connectivity index is 2.70. The van der Waals surface area contributed by atoms with Crippen molar-refractivity contribution in [2.45, 2.75) is 33.1 Å². The van der Waals surface area contributed by atoms with Gasteiger partial charge >= 0.3 is 0 Å². The fourth-order valence-corrected chi connectivity index (χ4v) is 1.92. The van der Waals surface area contributed by atoms with Crippen LogP contribution in [0.15, 0.2) is 24.3 Å². The Morgan fingerprint density at radius 2 is 1.87 bits per heavy atom. The Kier molecular flexibility index (Phi) is 4.28. The summed E-state index contributed by atoms with van der Waals surface area (Å²) in [7, 11) is 0. The van der Waals surface area contributed by atoms with E-state index in [1.807, 2.05) is 0 Å². The molecule has 15 heavy (non-hydrogen) atoms. The van der Waals surface area contributed by atoms with Crippen molar-refractivity contribution >= 4 is 0 Å². The standard InChI is InChI=1S/C13H19FO/c1-3-8-13(2,10-15)9-11-4-6-12(14)7-5-11/h4-7,15H,3,8-10H2,1-2H3. The van der Waals surface area contributed by atoms with Crippen LogP contribution < -0.4 is 0 Å². The van der Waals surface area contributed by atoms with Crippen molar-refractivity contribution in [3.63, 3.8) is 0 Å². The number of hydrogen-bond acceptors (Lipinski definition) is 1. The molecular weight excluding hydrogens is 191 g/mol. The van der Waals surface area contributed by atoms with Crippen LogP contribution in [-0.2, 0) is 6.42 Å². The Labute approximate surface area is 90.9 Å². The van der Waals surface area contributed by atoms with Crippen LogP contribution in [-0.4, -0.2) is 11.7 Å². The topological polar surface area (TPSA) is 20.2 Å². The third kappa shape index (κ3) is 3.63. The van der Waals surface area contributed by atoms with Crippen LogP contribution >= 0.6 is 0 Å². The molecule has 1 aromatic rings. The maximum atomic E-state index is 12.7. The van der Waals surface area contributed by atoms with E-state index in [1.165, 1.54) is 12.1 Å². The zero-order valence-electron chi connectivity index (χ0n) is 9.46. The molecule has 1 rings (SSSR count). The first kappa shape index (κ1) is 12.2. The number of hydrogen-bond donors (Lipinski definition) is 1. The van der Waals surface area contributed by atoms with Gasteiger partial charge < -0.3 is 5.11 Å². The lowest BCUT2D eigenvalue weighted by Crippen LogP contribution is -2.24. The Morgan fingerprint density at radius 3 is 2.33 bits per heavy atom. The van der Waals surface area contributed by atoms with Gasteiger partial charge in [0.15, 0.2) is 0 Å². The number of aliphatic hydroxyl groups is 1. The molecule has 2 heteroatoms. The quantitative estimate of drug-likeness (QED) is 0.791. The number of halogens is 1. The minimum absolute atomic E-state index is 0.0768. The highest BCUT2D eigenvalue weighted by Gasteiger charge is 2.22. The third-order valence-electron chi connectivity index (χ3n) is 2.78. The van der Waals surface area contributed by atoms with E-state index in [1.54, 1.807) is 12.1 Å². The zero-order chi connectivity index (χ0) is 11.3. The molecule has 0 amide bonds. The molecular formula is C13H19FO. The van der Waals surface area contributed by atoms with E-state index in [4.69, 9.17) is 0 Å². The smallest absolute Gasteiger partial charge is 0.123 e. The molecule has 0 fully saturated rings. The molecule has 0 aliphatic carbocycles. The molecule has 0 heterocycles. The van der Waals surface area contributed by atoms with Crippen molar-refractivity contribution in [1.29, 1.82) is 0 Å². The summed E-state index contributed by atoms with van der Waals surface area (Å²) in [6.07, 6.45) is 2.84. The maximum absolute atomic E-state index is 12.7. The normalized spacial score (nSPS) is 14.9. The van der Waals surface area contributed by atoms with Gasteiger partial charge in [-0.2, -0.15) is 0 Å². The Morgan fingerprint density at radius 1 is 1.27 bits per heavy atom. The van der Waals surface area contributed by atoms with E-state index >= 15 is 0 Å². The molecule has 1 N–H and O–H groups in total. The van der Waals surface area contributed by atoms with Crippen LogP contribution in [0.4, 0.5) is 4.39 Å². The second-order valence-electron chi connectivity index (χ2n) is 4.52. The Bertz CT molecular complexity index is 294. The maximum Gasteiger partial charge on any atom is 0.123 e. The molecule has 1 nitrogen and oxygen atoms in total. The highest BCUT2D eigenvalue weighted by molar-refractivity contribution is 5.17. The second kappa shape index (κ2) is 5.26. The molecule has 1 atom stereocenters. The van der Waals surface area contributed by atoms with Crippen LogP contribution in [0, 0.1) is 11.2 Å². The fraction of sp³-hybridized carbons (Fsp3) is 0.538. The summed E-state index contributed by atoms with van der Waals surface area (Å²) in [5.74, 6) is -0.208. The van der Waals surface area contributed by atoms with Crippen molar-refractivity contribution in [3.05, 3.63) is 35.6 Å². The lowest BCUT2D eigenvalue weighted by atomic mass is 9.80. The molecule has 0 aromatic heterocycles. The van der Waals surface area contributed by atoms with Gasteiger partial charge in [-0.1, -0.05) is 32.4 Å². The zero-order valence-corrected chi connectivity index (χ0v) is 9.46. The molecule has 84 valence electrons. The monoisotopic (exact) mass is 210 g/mol. The molecule has 1 unspecified atom stereocenters. The SMILES string of the molecule is CCCC(C)(CO)Cc1ccc(F)cc1. The van der Waals surface area contributed by atoms with Gasteiger partial charge in [0.05, 0.1) is 0 Å². The highest BCUT2D eigenvalue weighted by Crippen LogP contribution is 2.27. The fourth-order valence-electron chi connectivity index (χ4n) is 1.92. The Hall–Kier alpha value is -0.890.